The lowest BCUT2D eigenvalue weighted by Crippen LogP contribution is -2.34. The highest BCUT2D eigenvalue weighted by Crippen LogP contribution is 2.34. The van der Waals surface area contributed by atoms with Gasteiger partial charge in [0.05, 0.1) is 11.9 Å². The second-order valence-corrected chi connectivity index (χ2v) is 8.61. The van der Waals surface area contributed by atoms with Gasteiger partial charge in [0.15, 0.2) is 0 Å². The highest BCUT2D eigenvalue weighted by molar-refractivity contribution is 7.92. The van der Waals surface area contributed by atoms with Crippen LogP contribution in [0.1, 0.15) is 28.4 Å². The fourth-order valence-corrected chi connectivity index (χ4v) is 4.71. The van der Waals surface area contributed by atoms with E-state index in [0.29, 0.717) is 29.8 Å². The van der Waals surface area contributed by atoms with Crippen LogP contribution in [0, 0.1) is 5.82 Å². The zero-order valence-electron chi connectivity index (χ0n) is 14.9. The standard InChI is InChI=1S/C19H21FN2O3S/c1-13-9-16-11-15(7-8-18(16)22(13)26(3,24)25)19(23)21(2)12-14-5-4-6-17(20)10-14/h4-8,10-11,13H,9,12H2,1-3H3/t13-/m1/s1. The van der Waals surface area contributed by atoms with Crippen molar-refractivity contribution in [3.63, 3.8) is 0 Å². The summed E-state index contributed by atoms with van der Waals surface area (Å²) in [6.45, 7) is 2.14. The average molecular weight is 376 g/mol. The van der Waals surface area contributed by atoms with Crippen LogP contribution in [0.5, 0.6) is 0 Å². The van der Waals surface area contributed by atoms with Gasteiger partial charge >= 0.3 is 0 Å². The van der Waals surface area contributed by atoms with Crippen LogP contribution < -0.4 is 4.31 Å². The van der Waals surface area contributed by atoms with Crippen LogP contribution in [0.15, 0.2) is 42.5 Å². The summed E-state index contributed by atoms with van der Waals surface area (Å²) in [5, 5.41) is 0. The van der Waals surface area contributed by atoms with E-state index in [1.165, 1.54) is 27.6 Å². The van der Waals surface area contributed by atoms with Gasteiger partial charge < -0.3 is 4.90 Å². The zero-order valence-corrected chi connectivity index (χ0v) is 15.8. The highest BCUT2D eigenvalue weighted by Gasteiger charge is 2.33. The van der Waals surface area contributed by atoms with E-state index in [4.69, 9.17) is 0 Å². The number of rotatable bonds is 4. The van der Waals surface area contributed by atoms with Crippen LogP contribution in [-0.2, 0) is 23.0 Å². The number of fused-ring (bicyclic) bond motifs is 1. The predicted octanol–water partition coefficient (Wildman–Crippen LogP) is 2.81. The maximum atomic E-state index is 13.3. The van der Waals surface area contributed by atoms with Crippen molar-refractivity contribution in [1.82, 2.24) is 4.90 Å². The molecule has 3 rings (SSSR count). The molecule has 0 saturated heterocycles. The molecule has 0 saturated carbocycles. The fourth-order valence-electron chi connectivity index (χ4n) is 3.44. The maximum Gasteiger partial charge on any atom is 0.253 e. The van der Waals surface area contributed by atoms with Gasteiger partial charge in [-0.05, 0) is 54.8 Å². The lowest BCUT2D eigenvalue weighted by atomic mass is 10.1. The van der Waals surface area contributed by atoms with E-state index >= 15 is 0 Å². The Kier molecular flexibility index (Phi) is 4.75. The summed E-state index contributed by atoms with van der Waals surface area (Å²) in [5.41, 5.74) is 2.67. The number of halogens is 1. The SMILES string of the molecule is C[C@@H]1Cc2cc(C(=O)N(C)Cc3cccc(F)c3)ccc2N1S(C)(=O)=O. The van der Waals surface area contributed by atoms with E-state index < -0.39 is 10.0 Å². The third-order valence-corrected chi connectivity index (χ3v) is 5.76. The summed E-state index contributed by atoms with van der Waals surface area (Å²) in [4.78, 5) is 14.2. The molecule has 0 spiro atoms. The molecule has 26 heavy (non-hydrogen) atoms. The summed E-state index contributed by atoms with van der Waals surface area (Å²) >= 11 is 0. The Labute approximate surface area is 153 Å². The molecule has 1 heterocycles. The first-order valence-electron chi connectivity index (χ1n) is 8.29. The lowest BCUT2D eigenvalue weighted by molar-refractivity contribution is 0.0785. The predicted molar refractivity (Wildman–Crippen MR) is 99.1 cm³/mol. The van der Waals surface area contributed by atoms with E-state index in [0.717, 1.165) is 5.56 Å². The second kappa shape index (κ2) is 6.72. The number of amides is 1. The Balaban J connectivity index is 1.83. The van der Waals surface area contributed by atoms with E-state index in [9.17, 15) is 17.6 Å². The molecule has 0 unspecified atom stereocenters. The minimum absolute atomic E-state index is 0.171. The van der Waals surface area contributed by atoms with E-state index in [1.54, 1.807) is 37.4 Å². The lowest BCUT2D eigenvalue weighted by Gasteiger charge is -2.22. The molecule has 138 valence electrons. The summed E-state index contributed by atoms with van der Waals surface area (Å²) in [7, 11) is -1.70. The van der Waals surface area contributed by atoms with Crippen LogP contribution in [0.25, 0.3) is 0 Å². The fraction of sp³-hybridized carbons (Fsp3) is 0.316. The van der Waals surface area contributed by atoms with Crippen LogP contribution in [-0.4, -0.2) is 38.6 Å². The first-order chi connectivity index (χ1) is 12.2. The molecule has 2 aromatic carbocycles. The molecule has 0 aliphatic carbocycles. The molecular formula is C19H21FN2O3S. The minimum Gasteiger partial charge on any atom is -0.337 e. The summed E-state index contributed by atoms with van der Waals surface area (Å²) in [5.74, 6) is -0.529. The van der Waals surface area contributed by atoms with Gasteiger partial charge in [-0.15, -0.1) is 0 Å². The van der Waals surface area contributed by atoms with Crippen LogP contribution in [0.2, 0.25) is 0 Å². The van der Waals surface area contributed by atoms with Crippen LogP contribution in [0.3, 0.4) is 0 Å². The molecule has 0 radical (unpaired) electrons. The molecule has 0 N–H and O–H groups in total. The number of hydrogen-bond donors (Lipinski definition) is 0. The summed E-state index contributed by atoms with van der Waals surface area (Å²) in [6.07, 6.45) is 1.75. The van der Waals surface area contributed by atoms with Crippen molar-refractivity contribution >= 4 is 21.6 Å². The Morgan fingerprint density at radius 2 is 2.00 bits per heavy atom. The monoisotopic (exact) mass is 376 g/mol. The molecule has 7 heteroatoms. The quantitative estimate of drug-likeness (QED) is 0.825. The van der Waals surface area contributed by atoms with E-state index in [2.05, 4.69) is 0 Å². The zero-order chi connectivity index (χ0) is 19.1. The molecule has 5 nitrogen and oxygen atoms in total. The highest BCUT2D eigenvalue weighted by atomic mass is 32.2. The smallest absolute Gasteiger partial charge is 0.253 e. The van der Waals surface area contributed by atoms with Crippen molar-refractivity contribution in [2.75, 3.05) is 17.6 Å². The first-order valence-corrected chi connectivity index (χ1v) is 10.1. The number of sulfonamides is 1. The van der Waals surface area contributed by atoms with Gasteiger partial charge in [-0.2, -0.15) is 0 Å². The number of benzene rings is 2. The van der Waals surface area contributed by atoms with Crippen LogP contribution >= 0.6 is 0 Å². The van der Waals surface area contributed by atoms with Gasteiger partial charge in [0.1, 0.15) is 5.82 Å². The molecule has 0 aromatic heterocycles. The van der Waals surface area contributed by atoms with Crippen molar-refractivity contribution in [1.29, 1.82) is 0 Å². The Hall–Kier alpha value is -2.41. The molecule has 0 fully saturated rings. The third-order valence-electron chi connectivity index (χ3n) is 4.49. The number of carbonyl (C=O) groups is 1. The largest absolute Gasteiger partial charge is 0.337 e. The third kappa shape index (κ3) is 3.58. The molecular weight excluding hydrogens is 355 g/mol. The second-order valence-electron chi connectivity index (χ2n) is 6.75. The minimum atomic E-state index is -3.36. The van der Waals surface area contributed by atoms with Crippen molar-refractivity contribution in [2.45, 2.75) is 25.9 Å². The molecule has 1 atom stereocenters. The van der Waals surface area contributed by atoms with Gasteiger partial charge in [0.2, 0.25) is 10.0 Å². The normalized spacial score (nSPS) is 16.5. The van der Waals surface area contributed by atoms with Gasteiger partial charge in [0, 0.05) is 25.2 Å². The van der Waals surface area contributed by atoms with E-state index in [1.807, 2.05) is 6.92 Å². The number of anilines is 1. The van der Waals surface area contributed by atoms with Crippen LogP contribution in [0.4, 0.5) is 10.1 Å². The molecule has 0 bridgehead atoms. The van der Waals surface area contributed by atoms with Gasteiger partial charge in [-0.1, -0.05) is 12.1 Å². The average Bonchev–Trinajstić information content (AvgIpc) is 2.88. The van der Waals surface area contributed by atoms with Gasteiger partial charge in [0.25, 0.3) is 5.91 Å². The molecule has 1 amide bonds. The van der Waals surface area contributed by atoms with Crippen molar-refractivity contribution in [3.05, 3.63) is 65.0 Å². The van der Waals surface area contributed by atoms with Gasteiger partial charge in [-0.3, -0.25) is 9.10 Å². The molecule has 1 aliphatic rings. The number of nitrogens with zero attached hydrogens (tertiary/aromatic N) is 2. The van der Waals surface area contributed by atoms with Crippen molar-refractivity contribution in [2.24, 2.45) is 0 Å². The first kappa shape index (κ1) is 18.4. The number of hydrogen-bond acceptors (Lipinski definition) is 3. The van der Waals surface area contributed by atoms with E-state index in [-0.39, 0.29) is 17.8 Å². The summed E-state index contributed by atoms with van der Waals surface area (Å²) < 4.78 is 38.7. The Morgan fingerprint density at radius 3 is 2.65 bits per heavy atom. The summed E-state index contributed by atoms with van der Waals surface area (Å²) in [6, 6.07) is 11.0. The number of carbonyl (C=O) groups excluding carboxylic acids is 1. The van der Waals surface area contributed by atoms with Crippen molar-refractivity contribution in [3.8, 4) is 0 Å². The Bertz CT molecular complexity index is 959. The van der Waals surface area contributed by atoms with Crippen molar-refractivity contribution < 1.29 is 17.6 Å². The molecule has 1 aliphatic heterocycles. The topological polar surface area (TPSA) is 57.7 Å². The molecule has 2 aromatic rings. The van der Waals surface area contributed by atoms with Gasteiger partial charge in [-0.25, -0.2) is 12.8 Å². The maximum absolute atomic E-state index is 13.3. The Morgan fingerprint density at radius 1 is 1.27 bits per heavy atom.